The molecule has 1 rings (SSSR count). The van der Waals surface area contributed by atoms with Gasteiger partial charge in [-0.05, 0) is 25.1 Å². The van der Waals surface area contributed by atoms with Gasteiger partial charge in [0.2, 0.25) is 0 Å². The quantitative estimate of drug-likeness (QED) is 0.848. The Morgan fingerprint density at radius 3 is 2.69 bits per heavy atom. The number of benzene rings is 1. The molecule has 0 radical (unpaired) electrons. The van der Waals surface area contributed by atoms with Gasteiger partial charge in [0.15, 0.2) is 0 Å². The van der Waals surface area contributed by atoms with Gasteiger partial charge in [0, 0.05) is 22.9 Å². The number of alkyl halides is 1. The molecule has 0 saturated carbocycles. The summed E-state index contributed by atoms with van der Waals surface area (Å²) in [5, 5.41) is 10.4. The van der Waals surface area contributed by atoms with E-state index < -0.39 is 0 Å². The minimum absolute atomic E-state index is 0.00685. The van der Waals surface area contributed by atoms with Crippen molar-refractivity contribution in [2.45, 2.75) is 6.92 Å². The number of phenols is 1. The van der Waals surface area contributed by atoms with E-state index >= 15 is 0 Å². The Labute approximate surface area is 112 Å². The highest BCUT2D eigenvalue weighted by atomic mass is 79.9. The molecule has 1 amide bonds. The van der Waals surface area contributed by atoms with E-state index in [4.69, 9.17) is 0 Å². The van der Waals surface area contributed by atoms with Gasteiger partial charge < -0.3 is 10.0 Å². The first-order valence-corrected chi connectivity index (χ1v) is 6.85. The summed E-state index contributed by atoms with van der Waals surface area (Å²) >= 11 is 6.54. The van der Waals surface area contributed by atoms with Gasteiger partial charge >= 0.3 is 0 Å². The third-order valence-electron chi connectivity index (χ3n) is 2.21. The first-order valence-electron chi connectivity index (χ1n) is 4.94. The van der Waals surface area contributed by atoms with Crippen LogP contribution >= 0.6 is 31.9 Å². The highest BCUT2D eigenvalue weighted by Crippen LogP contribution is 2.23. The van der Waals surface area contributed by atoms with Crippen molar-refractivity contribution in [2.75, 3.05) is 18.4 Å². The molecule has 0 spiro atoms. The maximum atomic E-state index is 12.0. The zero-order valence-corrected chi connectivity index (χ0v) is 12.1. The van der Waals surface area contributed by atoms with Crippen LogP contribution in [-0.4, -0.2) is 34.3 Å². The number of carbonyl (C=O) groups is 1. The van der Waals surface area contributed by atoms with E-state index in [2.05, 4.69) is 31.9 Å². The second-order valence-corrected chi connectivity index (χ2v) is 4.94. The van der Waals surface area contributed by atoms with Crippen molar-refractivity contribution in [3.05, 3.63) is 28.2 Å². The van der Waals surface area contributed by atoms with E-state index in [-0.39, 0.29) is 11.7 Å². The number of amides is 1. The molecule has 0 aliphatic carbocycles. The van der Waals surface area contributed by atoms with Crippen LogP contribution in [0.4, 0.5) is 0 Å². The van der Waals surface area contributed by atoms with Gasteiger partial charge in [-0.3, -0.25) is 4.79 Å². The van der Waals surface area contributed by atoms with Crippen LogP contribution in [0.5, 0.6) is 5.75 Å². The summed E-state index contributed by atoms with van der Waals surface area (Å²) in [6.07, 6.45) is 0. The lowest BCUT2D eigenvalue weighted by Crippen LogP contribution is -2.32. The third-order valence-corrected chi connectivity index (χ3v) is 3.06. The Kier molecular flexibility index (Phi) is 5.28. The van der Waals surface area contributed by atoms with Gasteiger partial charge in [0.25, 0.3) is 5.91 Å². The topological polar surface area (TPSA) is 40.5 Å². The van der Waals surface area contributed by atoms with Crippen molar-refractivity contribution in [3.63, 3.8) is 0 Å². The van der Waals surface area contributed by atoms with Crippen LogP contribution in [0.3, 0.4) is 0 Å². The molecule has 0 aliphatic rings. The van der Waals surface area contributed by atoms with Gasteiger partial charge in [-0.2, -0.15) is 0 Å². The number of aromatic hydroxyl groups is 1. The van der Waals surface area contributed by atoms with Crippen molar-refractivity contribution < 1.29 is 9.90 Å². The Hall–Kier alpha value is -0.550. The molecule has 1 aromatic rings. The minimum atomic E-state index is -0.146. The van der Waals surface area contributed by atoms with E-state index in [1.54, 1.807) is 17.0 Å². The van der Waals surface area contributed by atoms with Crippen LogP contribution in [0.25, 0.3) is 0 Å². The molecule has 0 atom stereocenters. The Morgan fingerprint density at radius 1 is 1.50 bits per heavy atom. The van der Waals surface area contributed by atoms with E-state index in [1.165, 1.54) is 6.07 Å². The first kappa shape index (κ1) is 13.5. The van der Waals surface area contributed by atoms with E-state index in [0.717, 1.165) is 9.80 Å². The zero-order chi connectivity index (χ0) is 12.1. The monoisotopic (exact) mass is 349 g/mol. The molecule has 16 heavy (non-hydrogen) atoms. The normalized spacial score (nSPS) is 10.2. The number of halogens is 2. The lowest BCUT2D eigenvalue weighted by molar-refractivity contribution is 0.0772. The van der Waals surface area contributed by atoms with E-state index in [1.807, 2.05) is 6.92 Å². The van der Waals surface area contributed by atoms with Crippen LogP contribution in [0.15, 0.2) is 22.7 Å². The van der Waals surface area contributed by atoms with Crippen molar-refractivity contribution in [1.29, 1.82) is 0 Å². The summed E-state index contributed by atoms with van der Waals surface area (Å²) in [7, 11) is 0. The maximum absolute atomic E-state index is 12.0. The highest BCUT2D eigenvalue weighted by molar-refractivity contribution is 9.10. The standard InChI is InChI=1S/C11H13Br2NO2/c1-2-14(6-5-12)11(16)9-4-3-8(13)7-10(9)15/h3-4,7,15H,2,5-6H2,1H3. The average Bonchev–Trinajstić information content (AvgIpc) is 2.25. The molecule has 0 bridgehead atoms. The summed E-state index contributed by atoms with van der Waals surface area (Å²) < 4.78 is 0.755. The fourth-order valence-electron chi connectivity index (χ4n) is 1.36. The number of nitrogens with zero attached hydrogens (tertiary/aromatic N) is 1. The molecule has 0 aromatic heterocycles. The van der Waals surface area contributed by atoms with Crippen molar-refractivity contribution >= 4 is 37.8 Å². The Morgan fingerprint density at radius 2 is 2.19 bits per heavy atom. The van der Waals surface area contributed by atoms with Crippen LogP contribution in [-0.2, 0) is 0 Å². The van der Waals surface area contributed by atoms with Gasteiger partial charge in [-0.25, -0.2) is 0 Å². The fourth-order valence-corrected chi connectivity index (χ4v) is 2.14. The molecule has 0 aliphatic heterocycles. The number of phenolic OH excluding ortho intramolecular Hbond substituents is 1. The van der Waals surface area contributed by atoms with Crippen LogP contribution < -0.4 is 0 Å². The maximum Gasteiger partial charge on any atom is 0.257 e. The molecule has 1 N–H and O–H groups in total. The van der Waals surface area contributed by atoms with Gasteiger partial charge in [0.1, 0.15) is 5.75 Å². The van der Waals surface area contributed by atoms with Gasteiger partial charge in [0.05, 0.1) is 5.56 Å². The molecular formula is C11H13Br2NO2. The lowest BCUT2D eigenvalue weighted by atomic mass is 10.1. The minimum Gasteiger partial charge on any atom is -0.507 e. The highest BCUT2D eigenvalue weighted by Gasteiger charge is 2.16. The Balaban J connectivity index is 2.94. The van der Waals surface area contributed by atoms with Gasteiger partial charge in [-0.15, -0.1) is 0 Å². The summed E-state index contributed by atoms with van der Waals surface area (Å²) in [6.45, 7) is 3.17. The smallest absolute Gasteiger partial charge is 0.257 e. The lowest BCUT2D eigenvalue weighted by Gasteiger charge is -2.20. The van der Waals surface area contributed by atoms with Crippen LogP contribution in [0, 0.1) is 0 Å². The summed E-state index contributed by atoms with van der Waals surface area (Å²) in [5.41, 5.74) is 0.339. The molecule has 0 saturated heterocycles. The number of rotatable bonds is 4. The van der Waals surface area contributed by atoms with Crippen molar-refractivity contribution in [1.82, 2.24) is 4.90 Å². The molecule has 88 valence electrons. The predicted molar refractivity (Wildman–Crippen MR) is 71.2 cm³/mol. The summed E-state index contributed by atoms with van der Waals surface area (Å²) in [4.78, 5) is 13.7. The predicted octanol–water partition coefficient (Wildman–Crippen LogP) is 3.01. The first-order chi connectivity index (χ1) is 7.60. The van der Waals surface area contributed by atoms with Crippen LogP contribution in [0.2, 0.25) is 0 Å². The largest absolute Gasteiger partial charge is 0.507 e. The second-order valence-electron chi connectivity index (χ2n) is 3.24. The molecule has 0 heterocycles. The summed E-state index contributed by atoms with van der Waals surface area (Å²) in [6, 6.07) is 4.89. The molecule has 0 fully saturated rings. The van der Waals surface area contributed by atoms with Gasteiger partial charge in [-0.1, -0.05) is 31.9 Å². The third kappa shape index (κ3) is 3.22. The van der Waals surface area contributed by atoms with E-state index in [0.29, 0.717) is 18.7 Å². The molecular weight excluding hydrogens is 338 g/mol. The SMILES string of the molecule is CCN(CCBr)C(=O)c1ccc(Br)cc1O. The van der Waals surface area contributed by atoms with Crippen LogP contribution in [0.1, 0.15) is 17.3 Å². The Bertz CT molecular complexity index is 382. The number of hydrogen-bond donors (Lipinski definition) is 1. The second kappa shape index (κ2) is 6.25. The fraction of sp³-hybridized carbons (Fsp3) is 0.364. The zero-order valence-electron chi connectivity index (χ0n) is 8.91. The summed E-state index contributed by atoms with van der Waals surface area (Å²) in [5.74, 6) is -0.139. The molecule has 3 nitrogen and oxygen atoms in total. The average molecular weight is 351 g/mol. The number of carbonyl (C=O) groups excluding carboxylic acids is 1. The van der Waals surface area contributed by atoms with E-state index in [9.17, 15) is 9.90 Å². The number of hydrogen-bond acceptors (Lipinski definition) is 2. The molecule has 0 unspecified atom stereocenters. The molecule has 1 aromatic carbocycles. The van der Waals surface area contributed by atoms with Crippen molar-refractivity contribution in [3.8, 4) is 5.75 Å². The van der Waals surface area contributed by atoms with Crippen molar-refractivity contribution in [2.24, 2.45) is 0 Å². The molecule has 5 heteroatoms.